The number of anilines is 2. The van der Waals surface area contributed by atoms with Crippen molar-refractivity contribution in [2.24, 2.45) is 0 Å². The van der Waals surface area contributed by atoms with Crippen LogP contribution in [0.5, 0.6) is 0 Å². The Hall–Kier alpha value is -4.08. The quantitative estimate of drug-likeness (QED) is 0.126. The van der Waals surface area contributed by atoms with Crippen molar-refractivity contribution in [3.8, 4) is 6.07 Å². The highest BCUT2D eigenvalue weighted by atomic mass is 79.9. The number of nitrogens with one attached hydrogen (secondary N) is 2. The van der Waals surface area contributed by atoms with Gasteiger partial charge in [-0.25, -0.2) is 8.78 Å². The van der Waals surface area contributed by atoms with Crippen LogP contribution in [0.3, 0.4) is 0 Å². The van der Waals surface area contributed by atoms with E-state index in [0.29, 0.717) is 0 Å². The maximum Gasteiger partial charge on any atom is 0.435 e. The van der Waals surface area contributed by atoms with Gasteiger partial charge in [0.15, 0.2) is 5.82 Å². The summed E-state index contributed by atoms with van der Waals surface area (Å²) in [7, 11) is 0. The van der Waals surface area contributed by atoms with Crippen molar-refractivity contribution >= 4 is 61.0 Å². The van der Waals surface area contributed by atoms with E-state index < -0.39 is 79.4 Å². The molecule has 0 saturated heterocycles. The molecular weight excluding hydrogens is 756 g/mol. The molecule has 3 rings (SSSR count). The lowest BCUT2D eigenvalue weighted by Gasteiger charge is -2.31. The molecule has 0 aliphatic carbocycles. The molecule has 0 spiro atoms. The molecular formula is C27H16Br2F8N4O4. The number of carbonyl (C=O) groups excluding carboxylic acids is 3. The summed E-state index contributed by atoms with van der Waals surface area (Å²) >= 11 is 5.36. The Kier molecular flexibility index (Phi) is 10.6. The van der Waals surface area contributed by atoms with E-state index in [-0.39, 0.29) is 34.9 Å². The first kappa shape index (κ1) is 35.4. The molecule has 3 N–H and O–H groups in total. The Labute approximate surface area is 264 Å². The van der Waals surface area contributed by atoms with Gasteiger partial charge < -0.3 is 10.6 Å². The molecule has 0 atom stereocenters. The normalized spacial score (nSPS) is 11.9. The van der Waals surface area contributed by atoms with Crippen molar-refractivity contribution in [1.82, 2.24) is 5.32 Å². The SMILES string of the molecule is N#Cc1cccc(C(=O)NCCC(=O)N(O)c2cccc(C(=O)Nc3c(Br)cc(C(F)(C(F)(F)F)C(F)(F)F)cc3Br)c2F)c1. The second-order valence-corrected chi connectivity index (χ2v) is 10.7. The van der Waals surface area contributed by atoms with E-state index in [0.717, 1.165) is 18.2 Å². The van der Waals surface area contributed by atoms with E-state index in [1.54, 1.807) is 0 Å². The fourth-order valence-corrected chi connectivity index (χ4v) is 5.16. The predicted octanol–water partition coefficient (Wildman–Crippen LogP) is 7.31. The van der Waals surface area contributed by atoms with Gasteiger partial charge in [-0.15, -0.1) is 0 Å². The zero-order valence-corrected chi connectivity index (χ0v) is 25.1. The van der Waals surface area contributed by atoms with Gasteiger partial charge in [0.05, 0.1) is 22.9 Å². The lowest BCUT2D eigenvalue weighted by atomic mass is 9.94. The molecule has 3 aromatic rings. The Morgan fingerprint density at radius 3 is 2.02 bits per heavy atom. The summed E-state index contributed by atoms with van der Waals surface area (Å²) in [6.45, 7) is -0.325. The molecule has 18 heteroatoms. The van der Waals surface area contributed by atoms with E-state index >= 15 is 4.39 Å². The van der Waals surface area contributed by atoms with Crippen molar-refractivity contribution in [2.45, 2.75) is 24.4 Å². The highest BCUT2D eigenvalue weighted by Crippen LogP contribution is 2.54. The number of nitriles is 1. The van der Waals surface area contributed by atoms with Gasteiger partial charge >= 0.3 is 18.0 Å². The standard InChI is InChI=1S/C27H16Br2F8N4O4/c28-17-10-15(25(31,26(32,33)34)27(35,36)37)11-18(29)22(17)40-24(44)16-5-2-6-19(21(16)30)41(45)20(42)7-8-39-23(43)14-4-1-3-13(9-14)12-38/h1-6,9-11,45H,7-8H2,(H,39,43)(H,40,44). The molecule has 3 aromatic carbocycles. The van der Waals surface area contributed by atoms with Crippen molar-refractivity contribution in [3.05, 3.63) is 91.6 Å². The second kappa shape index (κ2) is 13.5. The van der Waals surface area contributed by atoms with E-state index in [1.165, 1.54) is 24.3 Å². The van der Waals surface area contributed by atoms with E-state index in [1.807, 2.05) is 11.4 Å². The van der Waals surface area contributed by atoms with E-state index in [2.05, 4.69) is 37.2 Å². The van der Waals surface area contributed by atoms with Crippen LogP contribution in [0.4, 0.5) is 46.5 Å². The molecule has 0 saturated carbocycles. The predicted molar refractivity (Wildman–Crippen MR) is 148 cm³/mol. The van der Waals surface area contributed by atoms with Crippen LogP contribution in [-0.4, -0.2) is 41.8 Å². The van der Waals surface area contributed by atoms with Gasteiger partial charge in [-0.1, -0.05) is 12.1 Å². The highest BCUT2D eigenvalue weighted by Gasteiger charge is 2.73. The number of halogens is 10. The number of nitrogens with zero attached hydrogens (tertiary/aromatic N) is 2. The zero-order chi connectivity index (χ0) is 33.9. The van der Waals surface area contributed by atoms with Crippen LogP contribution in [0.1, 0.15) is 38.3 Å². The molecule has 238 valence electrons. The highest BCUT2D eigenvalue weighted by molar-refractivity contribution is 9.11. The first-order valence-corrected chi connectivity index (χ1v) is 13.6. The molecule has 8 nitrogen and oxygen atoms in total. The monoisotopic (exact) mass is 770 g/mol. The van der Waals surface area contributed by atoms with E-state index in [9.17, 15) is 50.3 Å². The first-order valence-electron chi connectivity index (χ1n) is 12.1. The van der Waals surface area contributed by atoms with Gasteiger partial charge in [-0.05, 0) is 74.3 Å². The third-order valence-corrected chi connectivity index (χ3v) is 7.28. The summed E-state index contributed by atoms with van der Waals surface area (Å²) in [6.07, 6.45) is -13.3. The van der Waals surface area contributed by atoms with Crippen molar-refractivity contribution < 1.29 is 54.7 Å². The van der Waals surface area contributed by atoms with Crippen molar-refractivity contribution in [2.75, 3.05) is 16.9 Å². The maximum atomic E-state index is 15.2. The molecule has 0 aliphatic rings. The number of alkyl halides is 7. The second-order valence-electron chi connectivity index (χ2n) is 8.97. The number of rotatable bonds is 8. The van der Waals surface area contributed by atoms with Gasteiger partial charge in [0.2, 0.25) is 0 Å². The zero-order valence-electron chi connectivity index (χ0n) is 22.0. The summed E-state index contributed by atoms with van der Waals surface area (Å²) in [5, 5.41) is 23.5. The molecule has 0 heterocycles. The summed E-state index contributed by atoms with van der Waals surface area (Å²) in [6, 6.07) is 10.6. The number of carbonyl (C=O) groups is 3. The number of hydrogen-bond donors (Lipinski definition) is 3. The summed E-state index contributed by atoms with van der Waals surface area (Å²) in [4.78, 5) is 37.5. The Bertz CT molecular complexity index is 1660. The number of amides is 3. The topological polar surface area (TPSA) is 123 Å². The Balaban J connectivity index is 1.77. The van der Waals surface area contributed by atoms with Crippen LogP contribution in [-0.2, 0) is 10.5 Å². The summed E-state index contributed by atoms with van der Waals surface area (Å²) in [5.74, 6) is -4.55. The fraction of sp³-hybridized carbons (Fsp3) is 0.185. The lowest BCUT2D eigenvalue weighted by Crippen LogP contribution is -2.50. The minimum Gasteiger partial charge on any atom is -0.352 e. The molecule has 0 aliphatic heterocycles. The summed E-state index contributed by atoms with van der Waals surface area (Å²) < 4.78 is 107. The maximum absolute atomic E-state index is 15.2. The van der Waals surface area contributed by atoms with Crippen LogP contribution in [0.25, 0.3) is 0 Å². The van der Waals surface area contributed by atoms with Crippen LogP contribution < -0.4 is 15.7 Å². The van der Waals surface area contributed by atoms with Crippen LogP contribution in [0.2, 0.25) is 0 Å². The molecule has 0 radical (unpaired) electrons. The minimum absolute atomic E-state index is 0.116. The van der Waals surface area contributed by atoms with Crippen molar-refractivity contribution in [3.63, 3.8) is 0 Å². The molecule has 3 amide bonds. The summed E-state index contributed by atoms with van der Waals surface area (Å²) in [5.41, 5.74) is -9.45. The van der Waals surface area contributed by atoms with Gasteiger partial charge in [0.1, 0.15) is 5.69 Å². The minimum atomic E-state index is -6.40. The Morgan fingerprint density at radius 1 is 0.889 bits per heavy atom. The number of hydrogen-bond acceptors (Lipinski definition) is 5. The third-order valence-electron chi connectivity index (χ3n) is 6.03. The average Bonchev–Trinajstić information content (AvgIpc) is 2.96. The largest absolute Gasteiger partial charge is 0.435 e. The Morgan fingerprint density at radius 2 is 1.47 bits per heavy atom. The van der Waals surface area contributed by atoms with Gasteiger partial charge in [0.25, 0.3) is 17.7 Å². The smallest absolute Gasteiger partial charge is 0.352 e. The average molecular weight is 772 g/mol. The van der Waals surface area contributed by atoms with Crippen LogP contribution in [0, 0.1) is 17.1 Å². The molecule has 0 fully saturated rings. The number of hydroxylamine groups is 1. The molecule has 0 unspecified atom stereocenters. The molecule has 0 bridgehead atoms. The fourth-order valence-electron chi connectivity index (χ4n) is 3.77. The van der Waals surface area contributed by atoms with Gasteiger partial charge in [-0.2, -0.15) is 36.7 Å². The lowest BCUT2D eigenvalue weighted by molar-refractivity contribution is -0.348. The van der Waals surface area contributed by atoms with Gasteiger partial charge in [0, 0.05) is 33.0 Å². The van der Waals surface area contributed by atoms with E-state index in [4.69, 9.17) is 5.26 Å². The first-order chi connectivity index (χ1) is 20.8. The van der Waals surface area contributed by atoms with Gasteiger partial charge in [-0.3, -0.25) is 19.6 Å². The number of benzene rings is 3. The third kappa shape index (κ3) is 7.43. The van der Waals surface area contributed by atoms with Crippen LogP contribution in [0.15, 0.2) is 63.5 Å². The molecule has 0 aromatic heterocycles. The van der Waals surface area contributed by atoms with Crippen molar-refractivity contribution in [1.29, 1.82) is 5.26 Å². The van der Waals surface area contributed by atoms with Crippen LogP contribution >= 0.6 is 31.9 Å². The molecule has 45 heavy (non-hydrogen) atoms.